The van der Waals surface area contributed by atoms with Gasteiger partial charge >= 0.3 is 0 Å². The fraction of sp³-hybridized carbons (Fsp3) is 0.643. The lowest BCUT2D eigenvalue weighted by Crippen LogP contribution is -2.46. The van der Waals surface area contributed by atoms with E-state index < -0.39 is 0 Å². The smallest absolute Gasteiger partial charge is 0.240 e. The zero-order valence-electron chi connectivity index (χ0n) is 11.1. The van der Waals surface area contributed by atoms with Gasteiger partial charge in [-0.1, -0.05) is 26.3 Å². The molecule has 2 rings (SSSR count). The average Bonchev–Trinajstić information content (AvgIpc) is 3.05. The van der Waals surface area contributed by atoms with Crippen LogP contribution in [0.3, 0.4) is 0 Å². The number of carbonyl (C=O) groups excluding carboxylic acids is 1. The van der Waals surface area contributed by atoms with Crippen molar-refractivity contribution in [2.24, 2.45) is 11.7 Å². The Morgan fingerprint density at radius 1 is 1.67 bits per heavy atom. The first-order valence-electron chi connectivity index (χ1n) is 6.74. The lowest BCUT2D eigenvalue weighted by Gasteiger charge is -2.29. The quantitative estimate of drug-likeness (QED) is 0.911. The zero-order valence-corrected chi connectivity index (χ0v) is 12.0. The molecular weight excluding hydrogens is 244 g/mol. The highest BCUT2D eigenvalue weighted by molar-refractivity contribution is 7.10. The van der Waals surface area contributed by atoms with Crippen LogP contribution in [-0.4, -0.2) is 23.4 Å². The highest BCUT2D eigenvalue weighted by atomic mass is 32.1. The van der Waals surface area contributed by atoms with Crippen LogP contribution in [-0.2, 0) is 4.79 Å². The van der Waals surface area contributed by atoms with E-state index in [-0.39, 0.29) is 23.9 Å². The summed E-state index contributed by atoms with van der Waals surface area (Å²) in [6, 6.07) is 4.08. The van der Waals surface area contributed by atoms with Gasteiger partial charge in [-0.2, -0.15) is 0 Å². The molecule has 100 valence electrons. The van der Waals surface area contributed by atoms with Gasteiger partial charge in [-0.25, -0.2) is 0 Å². The van der Waals surface area contributed by atoms with Crippen LogP contribution in [0.5, 0.6) is 0 Å². The largest absolute Gasteiger partial charge is 0.333 e. The molecule has 0 saturated carbocycles. The molecule has 0 bridgehead atoms. The number of nitrogens with two attached hydrogens (primary N) is 1. The third-order valence-corrected chi connectivity index (χ3v) is 4.92. The highest BCUT2D eigenvalue weighted by Crippen LogP contribution is 2.35. The summed E-state index contributed by atoms with van der Waals surface area (Å²) in [4.78, 5) is 15.7. The summed E-state index contributed by atoms with van der Waals surface area (Å²) in [6.45, 7) is 4.99. The van der Waals surface area contributed by atoms with Crippen molar-refractivity contribution in [3.05, 3.63) is 22.4 Å². The molecular formula is C14H22N2OS. The van der Waals surface area contributed by atoms with E-state index in [1.165, 1.54) is 4.88 Å². The molecule has 0 radical (unpaired) electrons. The predicted molar refractivity (Wildman–Crippen MR) is 75.4 cm³/mol. The molecule has 4 heteroatoms. The maximum absolute atomic E-state index is 12.5. The van der Waals surface area contributed by atoms with Crippen LogP contribution in [0.25, 0.3) is 0 Å². The standard InChI is InChI=1S/C14H22N2OS/c1-3-10(2)13(15)14(17)16-8-4-6-11(16)12-7-5-9-18-12/h5,7,9-11,13H,3-4,6,8,15H2,1-2H3. The lowest BCUT2D eigenvalue weighted by atomic mass is 9.98. The van der Waals surface area contributed by atoms with Crippen molar-refractivity contribution < 1.29 is 4.79 Å². The summed E-state index contributed by atoms with van der Waals surface area (Å²) in [6.07, 6.45) is 3.10. The molecule has 0 aromatic carbocycles. The first-order chi connectivity index (χ1) is 8.65. The van der Waals surface area contributed by atoms with Crippen molar-refractivity contribution in [2.75, 3.05) is 6.54 Å². The van der Waals surface area contributed by atoms with Gasteiger partial charge in [-0.15, -0.1) is 11.3 Å². The van der Waals surface area contributed by atoms with Crippen molar-refractivity contribution in [1.82, 2.24) is 4.90 Å². The van der Waals surface area contributed by atoms with Gasteiger partial charge in [0.1, 0.15) is 0 Å². The lowest BCUT2D eigenvalue weighted by molar-refractivity contribution is -0.134. The van der Waals surface area contributed by atoms with E-state index >= 15 is 0 Å². The molecule has 1 fully saturated rings. The minimum atomic E-state index is -0.351. The zero-order chi connectivity index (χ0) is 13.1. The van der Waals surface area contributed by atoms with Gasteiger partial charge in [-0.3, -0.25) is 4.79 Å². The normalized spacial score (nSPS) is 23.1. The van der Waals surface area contributed by atoms with E-state index in [4.69, 9.17) is 5.73 Å². The first kappa shape index (κ1) is 13.6. The number of amides is 1. The highest BCUT2D eigenvalue weighted by Gasteiger charge is 2.34. The summed E-state index contributed by atoms with van der Waals surface area (Å²) in [7, 11) is 0. The van der Waals surface area contributed by atoms with Crippen molar-refractivity contribution in [3.8, 4) is 0 Å². The van der Waals surface area contributed by atoms with Crippen LogP contribution in [0.4, 0.5) is 0 Å². The topological polar surface area (TPSA) is 46.3 Å². The second-order valence-corrected chi connectivity index (χ2v) is 6.10. The van der Waals surface area contributed by atoms with Gasteiger partial charge in [0.05, 0.1) is 12.1 Å². The average molecular weight is 266 g/mol. The number of hydrogen-bond donors (Lipinski definition) is 1. The number of carbonyl (C=O) groups is 1. The molecule has 0 aliphatic carbocycles. The Morgan fingerprint density at radius 2 is 2.44 bits per heavy atom. The molecule has 1 saturated heterocycles. The Kier molecular flexibility index (Phi) is 4.40. The molecule has 0 spiro atoms. The van der Waals surface area contributed by atoms with Crippen LogP contribution in [0, 0.1) is 5.92 Å². The van der Waals surface area contributed by atoms with Gasteiger partial charge in [0.2, 0.25) is 5.91 Å². The SMILES string of the molecule is CCC(C)C(N)C(=O)N1CCCC1c1cccs1. The van der Waals surface area contributed by atoms with Gasteiger partial charge in [-0.05, 0) is 30.2 Å². The third kappa shape index (κ3) is 2.59. The molecule has 2 N–H and O–H groups in total. The number of nitrogens with zero attached hydrogens (tertiary/aromatic N) is 1. The third-order valence-electron chi connectivity index (χ3n) is 3.95. The molecule has 3 nitrogen and oxygen atoms in total. The van der Waals surface area contributed by atoms with Crippen LogP contribution in [0.15, 0.2) is 17.5 Å². The molecule has 1 amide bonds. The summed E-state index contributed by atoms with van der Waals surface area (Å²) in [5.41, 5.74) is 6.08. The van der Waals surface area contributed by atoms with E-state index in [0.717, 1.165) is 25.8 Å². The number of likely N-dealkylation sites (tertiary alicyclic amines) is 1. The molecule has 1 aromatic rings. The van der Waals surface area contributed by atoms with Crippen molar-refractivity contribution in [3.63, 3.8) is 0 Å². The van der Waals surface area contributed by atoms with Gasteiger partial charge in [0.25, 0.3) is 0 Å². The van der Waals surface area contributed by atoms with E-state index in [2.05, 4.69) is 31.4 Å². The van der Waals surface area contributed by atoms with Crippen molar-refractivity contribution in [1.29, 1.82) is 0 Å². The number of rotatable bonds is 4. The fourth-order valence-electron chi connectivity index (χ4n) is 2.50. The van der Waals surface area contributed by atoms with Gasteiger partial charge in [0.15, 0.2) is 0 Å². The molecule has 1 aliphatic rings. The maximum atomic E-state index is 12.5. The second kappa shape index (κ2) is 5.85. The molecule has 1 aliphatic heterocycles. The van der Waals surface area contributed by atoms with E-state index in [0.29, 0.717) is 0 Å². The Morgan fingerprint density at radius 3 is 3.06 bits per heavy atom. The van der Waals surface area contributed by atoms with E-state index in [9.17, 15) is 4.79 Å². The Bertz CT molecular complexity index is 391. The monoisotopic (exact) mass is 266 g/mol. The minimum absolute atomic E-state index is 0.125. The molecule has 18 heavy (non-hydrogen) atoms. The summed E-state index contributed by atoms with van der Waals surface area (Å²) in [5.74, 6) is 0.377. The van der Waals surface area contributed by atoms with E-state index in [1.807, 2.05) is 4.90 Å². The summed E-state index contributed by atoms with van der Waals surface area (Å²) < 4.78 is 0. The van der Waals surface area contributed by atoms with Crippen LogP contribution < -0.4 is 5.73 Å². The van der Waals surface area contributed by atoms with Gasteiger partial charge < -0.3 is 10.6 Å². The summed E-state index contributed by atoms with van der Waals surface area (Å²) >= 11 is 1.73. The first-order valence-corrected chi connectivity index (χ1v) is 7.62. The Balaban J connectivity index is 2.10. The molecule has 3 atom stereocenters. The number of thiophene rings is 1. The second-order valence-electron chi connectivity index (χ2n) is 5.12. The van der Waals surface area contributed by atoms with Crippen LogP contribution in [0.2, 0.25) is 0 Å². The van der Waals surface area contributed by atoms with Crippen molar-refractivity contribution in [2.45, 2.75) is 45.2 Å². The maximum Gasteiger partial charge on any atom is 0.240 e. The number of hydrogen-bond acceptors (Lipinski definition) is 3. The summed E-state index contributed by atoms with van der Waals surface area (Å²) in [5, 5.41) is 2.07. The van der Waals surface area contributed by atoms with Gasteiger partial charge in [0, 0.05) is 11.4 Å². The minimum Gasteiger partial charge on any atom is -0.333 e. The predicted octanol–water partition coefficient (Wildman–Crippen LogP) is 2.79. The van der Waals surface area contributed by atoms with Crippen LogP contribution >= 0.6 is 11.3 Å². The Labute approximate surface area is 113 Å². The molecule has 1 aromatic heterocycles. The van der Waals surface area contributed by atoms with Crippen LogP contribution in [0.1, 0.15) is 44.0 Å². The fourth-order valence-corrected chi connectivity index (χ4v) is 3.37. The Hall–Kier alpha value is -0.870. The molecule has 2 heterocycles. The molecule has 3 unspecified atom stereocenters. The van der Waals surface area contributed by atoms with E-state index in [1.54, 1.807) is 11.3 Å². The van der Waals surface area contributed by atoms with Crippen molar-refractivity contribution >= 4 is 17.2 Å².